The van der Waals surface area contributed by atoms with Gasteiger partial charge in [-0.25, -0.2) is 4.98 Å². The van der Waals surface area contributed by atoms with Crippen LogP contribution in [0.4, 0.5) is 0 Å². The van der Waals surface area contributed by atoms with Gasteiger partial charge in [0.2, 0.25) is 0 Å². The Bertz CT molecular complexity index is 436. The second-order valence-electron chi connectivity index (χ2n) is 7.15. The minimum absolute atomic E-state index is 0.509. The lowest BCUT2D eigenvalue weighted by Crippen LogP contribution is -2.40. The molecule has 2 aliphatic rings. The van der Waals surface area contributed by atoms with Gasteiger partial charge < -0.3 is 9.67 Å². The van der Waals surface area contributed by atoms with Crippen LogP contribution < -0.4 is 0 Å². The molecule has 0 radical (unpaired) electrons. The average molecular weight is 276 g/mol. The van der Waals surface area contributed by atoms with Crippen LogP contribution in [-0.4, -0.2) is 20.3 Å². The number of hydrogen-bond donors (Lipinski definition) is 1. The SMILES string of the molecule is CCCn1ccnc1CC1(O)CCC2(CCCC2)CC1. The summed E-state index contributed by atoms with van der Waals surface area (Å²) in [7, 11) is 0. The van der Waals surface area contributed by atoms with Gasteiger partial charge >= 0.3 is 0 Å². The van der Waals surface area contributed by atoms with Crippen LogP contribution in [0.2, 0.25) is 0 Å². The third-order valence-electron chi connectivity index (χ3n) is 5.66. The molecule has 0 aromatic carbocycles. The Morgan fingerprint density at radius 1 is 1.15 bits per heavy atom. The quantitative estimate of drug-likeness (QED) is 0.910. The summed E-state index contributed by atoms with van der Waals surface area (Å²) in [6.45, 7) is 3.19. The van der Waals surface area contributed by atoms with Crippen LogP contribution in [-0.2, 0) is 13.0 Å². The molecule has 112 valence electrons. The van der Waals surface area contributed by atoms with Gasteiger partial charge in [0.05, 0.1) is 5.60 Å². The minimum atomic E-state index is -0.509. The van der Waals surface area contributed by atoms with Gasteiger partial charge in [-0.3, -0.25) is 0 Å². The molecule has 0 saturated heterocycles. The van der Waals surface area contributed by atoms with Gasteiger partial charge in [-0.1, -0.05) is 19.8 Å². The van der Waals surface area contributed by atoms with Crippen LogP contribution in [0.3, 0.4) is 0 Å². The van der Waals surface area contributed by atoms with Crippen molar-refractivity contribution < 1.29 is 5.11 Å². The summed E-state index contributed by atoms with van der Waals surface area (Å²) in [5, 5.41) is 10.9. The standard InChI is InChI=1S/C17H28N2O/c1-2-12-19-13-11-18-15(19)14-17(20)9-7-16(8-10-17)5-3-4-6-16/h11,13,20H,2-10,12,14H2,1H3. The second kappa shape index (κ2) is 5.51. The maximum atomic E-state index is 10.9. The van der Waals surface area contributed by atoms with Crippen molar-refractivity contribution >= 4 is 0 Å². The van der Waals surface area contributed by atoms with Crippen LogP contribution in [0.25, 0.3) is 0 Å². The molecule has 1 aromatic rings. The number of rotatable bonds is 4. The lowest BCUT2D eigenvalue weighted by atomic mass is 9.67. The van der Waals surface area contributed by atoms with Crippen LogP contribution in [0, 0.1) is 5.41 Å². The monoisotopic (exact) mass is 276 g/mol. The highest BCUT2D eigenvalue weighted by atomic mass is 16.3. The Balaban J connectivity index is 1.64. The molecule has 1 aromatic heterocycles. The van der Waals surface area contributed by atoms with Crippen molar-refractivity contribution in [1.82, 2.24) is 9.55 Å². The van der Waals surface area contributed by atoms with Gasteiger partial charge in [-0.2, -0.15) is 0 Å². The van der Waals surface area contributed by atoms with Gasteiger partial charge in [0.1, 0.15) is 5.82 Å². The number of imidazole rings is 1. The minimum Gasteiger partial charge on any atom is -0.389 e. The van der Waals surface area contributed by atoms with Crippen molar-refractivity contribution in [1.29, 1.82) is 0 Å². The van der Waals surface area contributed by atoms with Crippen molar-refractivity contribution in [2.24, 2.45) is 5.41 Å². The van der Waals surface area contributed by atoms with Gasteiger partial charge in [0.25, 0.3) is 0 Å². The van der Waals surface area contributed by atoms with Gasteiger partial charge in [-0.15, -0.1) is 0 Å². The lowest BCUT2D eigenvalue weighted by molar-refractivity contribution is -0.0340. The van der Waals surface area contributed by atoms with E-state index >= 15 is 0 Å². The zero-order valence-electron chi connectivity index (χ0n) is 12.8. The Hall–Kier alpha value is -0.830. The highest BCUT2D eigenvalue weighted by molar-refractivity contribution is 5.03. The number of hydrogen-bond acceptors (Lipinski definition) is 2. The summed E-state index contributed by atoms with van der Waals surface area (Å²) in [4.78, 5) is 4.47. The Morgan fingerprint density at radius 3 is 2.50 bits per heavy atom. The average Bonchev–Trinajstić information content (AvgIpc) is 3.06. The molecule has 0 amide bonds. The molecule has 3 nitrogen and oxygen atoms in total. The first-order valence-electron chi connectivity index (χ1n) is 8.37. The molecule has 3 heteroatoms. The van der Waals surface area contributed by atoms with E-state index in [2.05, 4.69) is 16.5 Å². The van der Waals surface area contributed by atoms with E-state index in [9.17, 15) is 5.11 Å². The van der Waals surface area contributed by atoms with E-state index in [0.29, 0.717) is 5.41 Å². The maximum Gasteiger partial charge on any atom is 0.111 e. The van der Waals surface area contributed by atoms with Crippen molar-refractivity contribution in [3.05, 3.63) is 18.2 Å². The number of aliphatic hydroxyl groups is 1. The normalized spacial score (nSPS) is 24.3. The van der Waals surface area contributed by atoms with Crippen LogP contribution in [0.5, 0.6) is 0 Å². The van der Waals surface area contributed by atoms with Crippen molar-refractivity contribution in [3.8, 4) is 0 Å². The third-order valence-corrected chi connectivity index (χ3v) is 5.66. The first-order valence-corrected chi connectivity index (χ1v) is 8.37. The van der Waals surface area contributed by atoms with E-state index in [1.54, 1.807) is 0 Å². The first-order chi connectivity index (χ1) is 9.65. The van der Waals surface area contributed by atoms with Gasteiger partial charge in [-0.05, 0) is 50.4 Å². The van der Waals surface area contributed by atoms with E-state index in [4.69, 9.17) is 0 Å². The largest absolute Gasteiger partial charge is 0.389 e. The van der Waals surface area contributed by atoms with Crippen LogP contribution in [0.1, 0.15) is 70.5 Å². The van der Waals surface area contributed by atoms with Crippen molar-refractivity contribution in [2.45, 2.75) is 83.3 Å². The molecule has 2 aliphatic carbocycles. The van der Waals surface area contributed by atoms with Crippen molar-refractivity contribution in [3.63, 3.8) is 0 Å². The van der Waals surface area contributed by atoms with Gasteiger partial charge in [0, 0.05) is 25.4 Å². The molecule has 0 aliphatic heterocycles. The molecule has 0 unspecified atom stereocenters. The lowest BCUT2D eigenvalue weighted by Gasteiger charge is -2.42. The topological polar surface area (TPSA) is 38.0 Å². The van der Waals surface area contributed by atoms with Crippen LogP contribution >= 0.6 is 0 Å². The maximum absolute atomic E-state index is 10.9. The summed E-state index contributed by atoms with van der Waals surface area (Å²) in [6.07, 6.45) is 15.7. The zero-order valence-corrected chi connectivity index (χ0v) is 12.8. The zero-order chi connectivity index (χ0) is 14.1. The fourth-order valence-corrected chi connectivity index (χ4v) is 4.29. The highest BCUT2D eigenvalue weighted by Gasteiger charge is 2.43. The Kier molecular flexibility index (Phi) is 3.89. The molecule has 1 N–H and O–H groups in total. The Morgan fingerprint density at radius 2 is 1.85 bits per heavy atom. The number of aryl methyl sites for hydroxylation is 1. The molecular weight excluding hydrogens is 248 g/mol. The fourth-order valence-electron chi connectivity index (χ4n) is 4.29. The molecule has 20 heavy (non-hydrogen) atoms. The predicted octanol–water partition coefficient (Wildman–Crippen LogP) is 3.70. The fraction of sp³-hybridized carbons (Fsp3) is 0.824. The first kappa shape index (κ1) is 14.1. The van der Waals surface area contributed by atoms with E-state index in [1.165, 1.54) is 38.5 Å². The second-order valence-corrected chi connectivity index (χ2v) is 7.15. The van der Waals surface area contributed by atoms with Crippen LogP contribution in [0.15, 0.2) is 12.4 Å². The number of aromatic nitrogens is 2. The molecule has 0 atom stereocenters. The molecular formula is C17H28N2O. The van der Waals surface area contributed by atoms with E-state index in [1.807, 2.05) is 12.4 Å². The summed E-state index contributed by atoms with van der Waals surface area (Å²) >= 11 is 0. The summed E-state index contributed by atoms with van der Waals surface area (Å²) < 4.78 is 2.21. The molecule has 1 heterocycles. The molecule has 0 bridgehead atoms. The number of nitrogens with zero attached hydrogens (tertiary/aromatic N) is 2. The molecule has 1 spiro atoms. The smallest absolute Gasteiger partial charge is 0.111 e. The highest BCUT2D eigenvalue weighted by Crippen LogP contribution is 2.51. The summed E-state index contributed by atoms with van der Waals surface area (Å²) in [5.41, 5.74) is 0.0791. The summed E-state index contributed by atoms with van der Waals surface area (Å²) in [6, 6.07) is 0. The van der Waals surface area contributed by atoms with Crippen molar-refractivity contribution in [2.75, 3.05) is 0 Å². The van der Waals surface area contributed by atoms with Gasteiger partial charge in [0.15, 0.2) is 0 Å². The Labute approximate surface area is 122 Å². The van der Waals surface area contributed by atoms with E-state index in [-0.39, 0.29) is 0 Å². The van der Waals surface area contributed by atoms with E-state index in [0.717, 1.165) is 38.1 Å². The molecule has 2 fully saturated rings. The predicted molar refractivity (Wildman–Crippen MR) is 80.5 cm³/mol. The third kappa shape index (κ3) is 2.78. The summed E-state index contributed by atoms with van der Waals surface area (Å²) in [5.74, 6) is 1.07. The molecule has 2 saturated carbocycles. The molecule has 3 rings (SSSR count). The van der Waals surface area contributed by atoms with E-state index < -0.39 is 5.60 Å².